The molecule has 0 radical (unpaired) electrons. The number of aliphatic hydroxyl groups excluding tert-OH is 1. The monoisotopic (exact) mass is 384 g/mol. The molecule has 0 saturated heterocycles. The fourth-order valence-corrected chi connectivity index (χ4v) is 3.56. The fraction of sp³-hybridized carbons (Fsp3) is 0.417. The quantitative estimate of drug-likeness (QED) is 0.246. The minimum Gasteiger partial charge on any atom is -0.507 e. The standard InChI is InChI=1S/C24H32O4/c1-2-3-4-5-6-7-8-9-13-19(24(27)28)18-15-12-17-22(26)23(18)20-14-10-11-16-21(20)25/h10-12,14-17,25-28H,2-9,13H2,1H3. The minimum absolute atomic E-state index is 0.00586. The van der Waals surface area contributed by atoms with E-state index in [9.17, 15) is 20.4 Å². The average molecular weight is 385 g/mol. The number of allylic oxidation sites excluding steroid dienone is 1. The lowest BCUT2D eigenvalue weighted by Crippen LogP contribution is -1.96. The van der Waals surface area contributed by atoms with E-state index in [0.29, 0.717) is 28.7 Å². The highest BCUT2D eigenvalue weighted by Gasteiger charge is 2.19. The molecule has 2 aromatic rings. The number of phenolic OH excluding ortho intramolecular Hbond substituents is 2. The number of para-hydroxylation sites is 1. The van der Waals surface area contributed by atoms with Crippen molar-refractivity contribution in [3.8, 4) is 22.6 Å². The molecule has 152 valence electrons. The number of rotatable bonds is 11. The van der Waals surface area contributed by atoms with Gasteiger partial charge >= 0.3 is 0 Å². The SMILES string of the molecule is CCCCCCCCCCC(=C(O)O)c1cccc(O)c1-c1ccccc1O. The van der Waals surface area contributed by atoms with E-state index in [1.165, 1.54) is 38.2 Å². The largest absolute Gasteiger partial charge is 0.507 e. The second-order valence-corrected chi connectivity index (χ2v) is 7.24. The van der Waals surface area contributed by atoms with Crippen molar-refractivity contribution in [2.75, 3.05) is 0 Å². The number of hydrogen-bond donors (Lipinski definition) is 4. The van der Waals surface area contributed by atoms with Crippen molar-refractivity contribution in [2.24, 2.45) is 0 Å². The molecule has 0 unspecified atom stereocenters. The Morgan fingerprint density at radius 2 is 1.32 bits per heavy atom. The predicted molar refractivity (Wildman–Crippen MR) is 115 cm³/mol. The van der Waals surface area contributed by atoms with Crippen LogP contribution in [-0.4, -0.2) is 20.4 Å². The van der Waals surface area contributed by atoms with E-state index >= 15 is 0 Å². The third kappa shape index (κ3) is 5.95. The van der Waals surface area contributed by atoms with Crippen LogP contribution in [0.3, 0.4) is 0 Å². The van der Waals surface area contributed by atoms with Crippen LogP contribution in [0.25, 0.3) is 16.7 Å². The Labute approximate surface area is 167 Å². The van der Waals surface area contributed by atoms with Gasteiger partial charge in [0.05, 0.1) is 0 Å². The number of aliphatic hydroxyl groups is 2. The fourth-order valence-electron chi connectivity index (χ4n) is 3.56. The molecule has 4 nitrogen and oxygen atoms in total. The molecular formula is C24H32O4. The van der Waals surface area contributed by atoms with Gasteiger partial charge in [-0.3, -0.25) is 0 Å². The van der Waals surface area contributed by atoms with Crippen molar-refractivity contribution in [1.29, 1.82) is 0 Å². The van der Waals surface area contributed by atoms with E-state index in [4.69, 9.17) is 0 Å². The molecule has 28 heavy (non-hydrogen) atoms. The molecule has 0 aromatic heterocycles. The van der Waals surface area contributed by atoms with Gasteiger partial charge in [-0.2, -0.15) is 0 Å². The van der Waals surface area contributed by atoms with E-state index < -0.39 is 5.95 Å². The van der Waals surface area contributed by atoms with Gasteiger partial charge in [0.15, 0.2) is 0 Å². The summed E-state index contributed by atoms with van der Waals surface area (Å²) in [5, 5.41) is 40.4. The Bertz CT molecular complexity index is 776. The third-order valence-corrected chi connectivity index (χ3v) is 5.09. The molecular weight excluding hydrogens is 352 g/mol. The van der Waals surface area contributed by atoms with Crippen molar-refractivity contribution in [1.82, 2.24) is 0 Å². The molecule has 4 N–H and O–H groups in total. The molecule has 4 heteroatoms. The maximum absolute atomic E-state index is 10.4. The summed E-state index contributed by atoms with van der Waals surface area (Å²) in [6.07, 6.45) is 9.77. The Hall–Kier alpha value is -2.62. The molecule has 0 saturated carbocycles. The molecule has 0 atom stereocenters. The second-order valence-electron chi connectivity index (χ2n) is 7.24. The summed E-state index contributed by atoms with van der Waals surface area (Å²) in [7, 11) is 0. The van der Waals surface area contributed by atoms with Gasteiger partial charge in [0.25, 0.3) is 5.95 Å². The molecule has 0 aliphatic heterocycles. The molecule has 2 rings (SSSR count). The van der Waals surface area contributed by atoms with Crippen LogP contribution in [0.4, 0.5) is 0 Å². The molecule has 0 spiro atoms. The summed E-state index contributed by atoms with van der Waals surface area (Å²) in [6, 6.07) is 11.7. The maximum atomic E-state index is 10.4. The van der Waals surface area contributed by atoms with E-state index in [0.717, 1.165) is 19.3 Å². The zero-order valence-electron chi connectivity index (χ0n) is 16.7. The Morgan fingerprint density at radius 1 is 0.714 bits per heavy atom. The van der Waals surface area contributed by atoms with Crippen LogP contribution in [0.15, 0.2) is 48.4 Å². The van der Waals surface area contributed by atoms with Crippen molar-refractivity contribution in [3.05, 3.63) is 54.0 Å². The van der Waals surface area contributed by atoms with Gasteiger partial charge in [-0.05, 0) is 30.5 Å². The van der Waals surface area contributed by atoms with Crippen LogP contribution >= 0.6 is 0 Å². The summed E-state index contributed by atoms with van der Waals surface area (Å²) in [6.45, 7) is 2.21. The Balaban J connectivity index is 2.12. The molecule has 0 fully saturated rings. The summed E-state index contributed by atoms with van der Waals surface area (Å²) in [4.78, 5) is 0. The van der Waals surface area contributed by atoms with E-state index in [1.807, 2.05) is 0 Å². The van der Waals surface area contributed by atoms with Gasteiger partial charge in [0.2, 0.25) is 0 Å². The third-order valence-electron chi connectivity index (χ3n) is 5.09. The maximum Gasteiger partial charge on any atom is 0.278 e. The molecule has 2 aromatic carbocycles. The van der Waals surface area contributed by atoms with Crippen LogP contribution in [0.1, 0.15) is 70.3 Å². The van der Waals surface area contributed by atoms with Crippen LogP contribution in [0.5, 0.6) is 11.5 Å². The lowest BCUT2D eigenvalue weighted by atomic mass is 9.90. The smallest absolute Gasteiger partial charge is 0.278 e. The Kier molecular flexibility index (Phi) is 8.73. The van der Waals surface area contributed by atoms with Crippen LogP contribution < -0.4 is 0 Å². The van der Waals surface area contributed by atoms with Gasteiger partial charge in [-0.1, -0.05) is 82.2 Å². The Morgan fingerprint density at radius 3 is 1.96 bits per heavy atom. The normalized spacial score (nSPS) is 10.8. The first kappa shape index (κ1) is 21.7. The van der Waals surface area contributed by atoms with Gasteiger partial charge < -0.3 is 20.4 Å². The van der Waals surface area contributed by atoms with Crippen molar-refractivity contribution in [3.63, 3.8) is 0 Å². The number of phenols is 2. The van der Waals surface area contributed by atoms with E-state index in [-0.39, 0.29) is 11.5 Å². The average Bonchev–Trinajstić information content (AvgIpc) is 2.67. The van der Waals surface area contributed by atoms with Crippen molar-refractivity contribution in [2.45, 2.75) is 64.7 Å². The van der Waals surface area contributed by atoms with Crippen LogP contribution in [0, 0.1) is 0 Å². The van der Waals surface area contributed by atoms with Gasteiger partial charge in [0, 0.05) is 16.7 Å². The molecule has 0 aliphatic carbocycles. The zero-order valence-corrected chi connectivity index (χ0v) is 16.7. The van der Waals surface area contributed by atoms with Crippen molar-refractivity contribution >= 4 is 5.57 Å². The van der Waals surface area contributed by atoms with Gasteiger partial charge in [0.1, 0.15) is 11.5 Å². The molecule has 0 amide bonds. The van der Waals surface area contributed by atoms with Crippen LogP contribution in [-0.2, 0) is 0 Å². The highest BCUT2D eigenvalue weighted by atomic mass is 16.5. The number of unbranched alkanes of at least 4 members (excludes halogenated alkanes) is 7. The highest BCUT2D eigenvalue weighted by Crippen LogP contribution is 2.41. The topological polar surface area (TPSA) is 80.9 Å². The number of aromatic hydroxyl groups is 2. The predicted octanol–water partition coefficient (Wildman–Crippen LogP) is 7.08. The van der Waals surface area contributed by atoms with Crippen LogP contribution in [0.2, 0.25) is 0 Å². The van der Waals surface area contributed by atoms with Crippen molar-refractivity contribution < 1.29 is 20.4 Å². The summed E-state index contributed by atoms with van der Waals surface area (Å²) in [5.74, 6) is -0.701. The number of hydrogen-bond acceptors (Lipinski definition) is 4. The van der Waals surface area contributed by atoms with E-state index in [2.05, 4.69) is 6.92 Å². The lowest BCUT2D eigenvalue weighted by molar-refractivity contribution is 0.193. The first-order valence-corrected chi connectivity index (χ1v) is 10.3. The first-order chi connectivity index (χ1) is 13.6. The highest BCUT2D eigenvalue weighted by molar-refractivity contribution is 5.87. The lowest BCUT2D eigenvalue weighted by Gasteiger charge is -2.16. The molecule has 0 bridgehead atoms. The van der Waals surface area contributed by atoms with E-state index in [1.54, 1.807) is 36.4 Å². The first-order valence-electron chi connectivity index (χ1n) is 10.3. The number of benzene rings is 2. The van der Waals surface area contributed by atoms with Gasteiger partial charge in [-0.15, -0.1) is 0 Å². The summed E-state index contributed by atoms with van der Waals surface area (Å²) < 4.78 is 0. The summed E-state index contributed by atoms with van der Waals surface area (Å²) >= 11 is 0. The summed E-state index contributed by atoms with van der Waals surface area (Å²) in [5.41, 5.74) is 1.80. The van der Waals surface area contributed by atoms with Gasteiger partial charge in [-0.25, -0.2) is 0 Å². The molecule has 0 heterocycles. The zero-order chi connectivity index (χ0) is 20.4. The molecule has 0 aliphatic rings. The second kappa shape index (κ2) is 11.3. The minimum atomic E-state index is -0.731.